The lowest BCUT2D eigenvalue weighted by atomic mass is 10.1. The number of benzene rings is 1. The molecule has 0 saturated carbocycles. The van der Waals surface area contributed by atoms with Crippen LogP contribution >= 0.6 is 0 Å². The minimum Gasteiger partial charge on any atom is -0.324 e. The fourth-order valence-corrected chi connectivity index (χ4v) is 2.03. The Morgan fingerprint density at radius 1 is 1.12 bits per heavy atom. The molecule has 1 N–H and O–H groups in total. The summed E-state index contributed by atoms with van der Waals surface area (Å²) in [5.74, 6) is -1.12. The van der Waals surface area contributed by atoms with Crippen LogP contribution in [0.2, 0.25) is 0 Å². The molecule has 0 radical (unpaired) electrons. The van der Waals surface area contributed by atoms with E-state index < -0.39 is 54.1 Å². The van der Waals surface area contributed by atoms with Crippen molar-refractivity contribution in [3.8, 4) is 0 Å². The third-order valence-electron chi connectivity index (χ3n) is 3.08. The van der Waals surface area contributed by atoms with Crippen LogP contribution in [0.1, 0.15) is 29.8 Å². The molecule has 0 unspecified atom stereocenters. The molecule has 0 saturated heterocycles. The van der Waals surface area contributed by atoms with E-state index in [2.05, 4.69) is 5.10 Å². The van der Waals surface area contributed by atoms with E-state index in [9.17, 15) is 35.5 Å². The summed E-state index contributed by atoms with van der Waals surface area (Å²) in [6.45, 7) is -0.946. The SMILES string of the molecule is O=C(Cn1nc(C(F)F)cc1C(F)F)Nc1ccccc1C(F)(F)F. The van der Waals surface area contributed by atoms with Gasteiger partial charge in [0.05, 0.1) is 11.3 Å². The number of anilines is 1. The van der Waals surface area contributed by atoms with E-state index in [0.717, 1.165) is 18.2 Å². The van der Waals surface area contributed by atoms with Crippen LogP contribution in [0.25, 0.3) is 0 Å². The maximum Gasteiger partial charge on any atom is 0.418 e. The van der Waals surface area contributed by atoms with Crippen LogP contribution < -0.4 is 5.32 Å². The van der Waals surface area contributed by atoms with Gasteiger partial charge in [-0.1, -0.05) is 12.1 Å². The number of carbonyl (C=O) groups excluding carboxylic acids is 1. The van der Waals surface area contributed by atoms with E-state index in [-0.39, 0.29) is 0 Å². The molecule has 1 heterocycles. The highest BCUT2D eigenvalue weighted by atomic mass is 19.4. The van der Waals surface area contributed by atoms with Crippen LogP contribution in [-0.4, -0.2) is 15.7 Å². The Hall–Kier alpha value is -2.59. The molecule has 1 aromatic carbocycles. The van der Waals surface area contributed by atoms with Crippen LogP contribution in [0.5, 0.6) is 0 Å². The van der Waals surface area contributed by atoms with Gasteiger partial charge in [0.15, 0.2) is 0 Å². The molecule has 0 bridgehead atoms. The van der Waals surface area contributed by atoms with E-state index in [1.165, 1.54) is 6.07 Å². The Morgan fingerprint density at radius 3 is 2.32 bits per heavy atom. The molecule has 1 amide bonds. The lowest BCUT2D eigenvalue weighted by molar-refractivity contribution is -0.137. The third kappa shape index (κ3) is 4.48. The van der Waals surface area contributed by atoms with Crippen molar-refractivity contribution in [2.24, 2.45) is 0 Å². The quantitative estimate of drug-likeness (QED) is 0.794. The van der Waals surface area contributed by atoms with Gasteiger partial charge >= 0.3 is 6.18 Å². The summed E-state index contributed by atoms with van der Waals surface area (Å²) in [5.41, 5.74) is -3.61. The Bertz CT molecular complexity index is 755. The highest BCUT2D eigenvalue weighted by Crippen LogP contribution is 2.34. The number of aromatic nitrogens is 2. The fraction of sp³-hybridized carbons (Fsp3) is 0.286. The molecule has 1 aromatic heterocycles. The highest BCUT2D eigenvalue weighted by Gasteiger charge is 2.33. The molecule has 4 nitrogen and oxygen atoms in total. The van der Waals surface area contributed by atoms with Gasteiger partial charge in [-0.05, 0) is 18.2 Å². The largest absolute Gasteiger partial charge is 0.418 e. The monoisotopic (exact) mass is 369 g/mol. The van der Waals surface area contributed by atoms with Gasteiger partial charge in [0, 0.05) is 0 Å². The number of nitrogens with one attached hydrogen (secondary N) is 1. The number of amides is 1. The maximum absolute atomic E-state index is 12.8. The molecule has 0 fully saturated rings. The minimum atomic E-state index is -4.74. The first kappa shape index (κ1) is 18.7. The van der Waals surface area contributed by atoms with Gasteiger partial charge < -0.3 is 5.32 Å². The van der Waals surface area contributed by atoms with Crippen LogP contribution in [0.4, 0.5) is 36.4 Å². The Labute approximate surface area is 136 Å². The smallest absolute Gasteiger partial charge is 0.324 e. The zero-order chi connectivity index (χ0) is 18.8. The molecule has 136 valence electrons. The van der Waals surface area contributed by atoms with Gasteiger partial charge in [-0.3, -0.25) is 9.48 Å². The molecule has 0 spiro atoms. The molecule has 25 heavy (non-hydrogen) atoms. The summed E-state index contributed by atoms with van der Waals surface area (Å²) < 4.78 is 89.6. The topological polar surface area (TPSA) is 46.9 Å². The molecule has 2 aromatic rings. The van der Waals surface area contributed by atoms with Gasteiger partial charge in [-0.15, -0.1) is 0 Å². The second-order valence-electron chi connectivity index (χ2n) is 4.84. The van der Waals surface area contributed by atoms with Crippen molar-refractivity contribution in [1.29, 1.82) is 0 Å². The van der Waals surface area contributed by atoms with Crippen LogP contribution in [0.3, 0.4) is 0 Å². The Morgan fingerprint density at radius 2 is 1.76 bits per heavy atom. The summed E-state index contributed by atoms with van der Waals surface area (Å²) in [7, 11) is 0. The van der Waals surface area contributed by atoms with E-state index in [0.29, 0.717) is 10.7 Å². The van der Waals surface area contributed by atoms with Crippen molar-refractivity contribution >= 4 is 11.6 Å². The molecule has 0 aliphatic rings. The van der Waals surface area contributed by atoms with Crippen LogP contribution in [0, 0.1) is 0 Å². The maximum atomic E-state index is 12.8. The molecule has 0 aliphatic carbocycles. The normalized spacial score (nSPS) is 12.0. The van der Waals surface area contributed by atoms with Crippen molar-refractivity contribution in [2.75, 3.05) is 5.32 Å². The molecule has 0 atom stereocenters. The molecule has 11 heteroatoms. The number of carbonyl (C=O) groups is 1. The summed E-state index contributed by atoms with van der Waals surface area (Å²) in [5, 5.41) is 5.11. The van der Waals surface area contributed by atoms with Gasteiger partial charge in [-0.2, -0.15) is 18.3 Å². The lowest BCUT2D eigenvalue weighted by Crippen LogP contribution is -2.23. The van der Waals surface area contributed by atoms with Crippen molar-refractivity contribution in [3.05, 3.63) is 47.3 Å². The van der Waals surface area contributed by atoms with Gasteiger partial charge in [0.1, 0.15) is 17.9 Å². The van der Waals surface area contributed by atoms with Crippen LogP contribution in [0.15, 0.2) is 30.3 Å². The second-order valence-corrected chi connectivity index (χ2v) is 4.84. The second kappa shape index (κ2) is 7.11. The van der Waals surface area contributed by atoms with E-state index >= 15 is 0 Å². The van der Waals surface area contributed by atoms with Crippen molar-refractivity contribution in [3.63, 3.8) is 0 Å². The highest BCUT2D eigenvalue weighted by molar-refractivity contribution is 5.91. The number of hydrogen-bond donors (Lipinski definition) is 1. The van der Waals surface area contributed by atoms with Crippen molar-refractivity contribution in [2.45, 2.75) is 25.6 Å². The van der Waals surface area contributed by atoms with Gasteiger partial charge in [0.2, 0.25) is 5.91 Å². The molecular formula is C14H10F7N3O. The number of alkyl halides is 7. The zero-order valence-corrected chi connectivity index (χ0v) is 12.2. The molecular weight excluding hydrogens is 359 g/mol. The fourth-order valence-electron chi connectivity index (χ4n) is 2.03. The van der Waals surface area contributed by atoms with Crippen LogP contribution in [-0.2, 0) is 17.5 Å². The first-order valence-corrected chi connectivity index (χ1v) is 6.69. The Balaban J connectivity index is 2.22. The van der Waals surface area contributed by atoms with Crippen molar-refractivity contribution < 1.29 is 35.5 Å². The summed E-state index contributed by atoms with van der Waals surface area (Å²) in [6.07, 6.45) is -11.1. The Kier molecular flexibility index (Phi) is 5.33. The lowest BCUT2D eigenvalue weighted by Gasteiger charge is -2.14. The predicted molar refractivity (Wildman–Crippen MR) is 72.2 cm³/mol. The zero-order valence-electron chi connectivity index (χ0n) is 12.2. The first-order chi connectivity index (χ1) is 11.6. The predicted octanol–water partition coefficient (Wildman–Crippen LogP) is 4.42. The number of para-hydroxylation sites is 1. The number of halogens is 7. The number of rotatable bonds is 5. The number of hydrogen-bond acceptors (Lipinski definition) is 2. The average Bonchev–Trinajstić information content (AvgIpc) is 2.90. The average molecular weight is 369 g/mol. The van der Waals surface area contributed by atoms with E-state index in [1.807, 2.05) is 5.32 Å². The number of nitrogens with zero attached hydrogens (tertiary/aromatic N) is 2. The molecule has 0 aliphatic heterocycles. The molecule has 2 rings (SSSR count). The summed E-state index contributed by atoms with van der Waals surface area (Å²) in [4.78, 5) is 11.8. The van der Waals surface area contributed by atoms with Gasteiger partial charge in [0.25, 0.3) is 12.9 Å². The van der Waals surface area contributed by atoms with E-state index in [4.69, 9.17) is 0 Å². The third-order valence-corrected chi connectivity index (χ3v) is 3.08. The van der Waals surface area contributed by atoms with E-state index in [1.54, 1.807) is 0 Å². The van der Waals surface area contributed by atoms with Gasteiger partial charge in [-0.25, -0.2) is 17.6 Å². The first-order valence-electron chi connectivity index (χ1n) is 6.69. The summed E-state index contributed by atoms with van der Waals surface area (Å²) >= 11 is 0. The standard InChI is InChI=1S/C14H10F7N3O/c15-12(16)9-5-10(13(17)18)24(23-9)6-11(25)22-8-4-2-1-3-7(8)14(19,20)21/h1-5,12-13H,6H2,(H,22,25). The van der Waals surface area contributed by atoms with Crippen molar-refractivity contribution in [1.82, 2.24) is 9.78 Å². The summed E-state index contributed by atoms with van der Waals surface area (Å²) in [6, 6.07) is 4.48. The minimum absolute atomic E-state index is 0.331.